The van der Waals surface area contributed by atoms with E-state index in [4.69, 9.17) is 4.18 Å². The maximum atomic E-state index is 12.4. The van der Waals surface area contributed by atoms with Gasteiger partial charge in [0.15, 0.2) is 0 Å². The predicted octanol–water partition coefficient (Wildman–Crippen LogP) is 5.23. The fraction of sp³-hybridized carbons (Fsp3) is 0.700. The van der Waals surface area contributed by atoms with Gasteiger partial charge in [0.05, 0.1) is 11.0 Å². The highest BCUT2D eigenvalue weighted by Gasteiger charge is 2.28. The fourth-order valence-electron chi connectivity index (χ4n) is 4.30. The Kier molecular flexibility index (Phi) is 5.98. The summed E-state index contributed by atoms with van der Waals surface area (Å²) in [5, 5.41) is 0. The summed E-state index contributed by atoms with van der Waals surface area (Å²) in [6.07, 6.45) is 12.2. The molecule has 0 amide bonds. The first-order valence-electron chi connectivity index (χ1n) is 9.53. The molecular formula is C20H30O3S. The summed E-state index contributed by atoms with van der Waals surface area (Å²) in [7, 11) is -3.62. The van der Waals surface area contributed by atoms with Crippen LogP contribution in [0.3, 0.4) is 0 Å². The van der Waals surface area contributed by atoms with E-state index >= 15 is 0 Å². The molecule has 1 aromatic rings. The highest BCUT2D eigenvalue weighted by atomic mass is 32.2. The van der Waals surface area contributed by atoms with Crippen molar-refractivity contribution in [1.82, 2.24) is 0 Å². The molecule has 0 unspecified atom stereocenters. The van der Waals surface area contributed by atoms with Crippen LogP contribution in [0.15, 0.2) is 29.2 Å². The van der Waals surface area contributed by atoms with Crippen molar-refractivity contribution >= 4 is 10.1 Å². The third kappa shape index (κ3) is 4.82. The van der Waals surface area contributed by atoms with Gasteiger partial charge in [0.25, 0.3) is 10.1 Å². The maximum Gasteiger partial charge on any atom is 0.297 e. The van der Waals surface area contributed by atoms with Crippen LogP contribution in [0.4, 0.5) is 0 Å². The summed E-state index contributed by atoms with van der Waals surface area (Å²) in [5.41, 5.74) is 1.05. The van der Waals surface area contributed by atoms with Crippen molar-refractivity contribution in [3.8, 4) is 0 Å². The van der Waals surface area contributed by atoms with Gasteiger partial charge in [-0.1, -0.05) is 49.8 Å². The zero-order valence-electron chi connectivity index (χ0n) is 14.7. The lowest BCUT2D eigenvalue weighted by molar-refractivity contribution is 0.124. The predicted molar refractivity (Wildman–Crippen MR) is 96.4 cm³/mol. The Morgan fingerprint density at radius 3 is 2.08 bits per heavy atom. The first kappa shape index (κ1) is 17.9. The largest absolute Gasteiger partial charge is 0.297 e. The Morgan fingerprint density at radius 2 is 1.46 bits per heavy atom. The SMILES string of the molecule is Cc1ccc(S(=O)(=O)OC2CCC(CC3CCCCC3)CC2)cc1. The van der Waals surface area contributed by atoms with Crippen LogP contribution in [0.1, 0.15) is 69.8 Å². The molecule has 2 fully saturated rings. The number of rotatable bonds is 5. The van der Waals surface area contributed by atoms with Crippen LogP contribution in [0.25, 0.3) is 0 Å². The van der Waals surface area contributed by atoms with Gasteiger partial charge in [0.1, 0.15) is 0 Å². The van der Waals surface area contributed by atoms with Crippen LogP contribution in [0.2, 0.25) is 0 Å². The number of benzene rings is 1. The molecule has 0 N–H and O–H groups in total. The molecule has 2 aliphatic carbocycles. The van der Waals surface area contributed by atoms with E-state index < -0.39 is 10.1 Å². The molecular weight excluding hydrogens is 320 g/mol. The van der Waals surface area contributed by atoms with Crippen LogP contribution in [-0.4, -0.2) is 14.5 Å². The van der Waals surface area contributed by atoms with Crippen molar-refractivity contribution in [2.24, 2.45) is 11.8 Å². The average molecular weight is 351 g/mol. The minimum Gasteiger partial charge on any atom is -0.263 e. The molecule has 0 heterocycles. The lowest BCUT2D eigenvalue weighted by atomic mass is 9.77. The van der Waals surface area contributed by atoms with E-state index in [0.717, 1.165) is 43.1 Å². The van der Waals surface area contributed by atoms with Crippen molar-refractivity contribution in [3.05, 3.63) is 29.8 Å². The van der Waals surface area contributed by atoms with E-state index in [1.54, 1.807) is 12.1 Å². The van der Waals surface area contributed by atoms with Gasteiger partial charge < -0.3 is 0 Å². The van der Waals surface area contributed by atoms with Crippen molar-refractivity contribution in [3.63, 3.8) is 0 Å². The lowest BCUT2D eigenvalue weighted by Gasteiger charge is -2.31. The summed E-state index contributed by atoms with van der Waals surface area (Å²) in [6.45, 7) is 1.95. The molecule has 0 saturated heterocycles. The Balaban J connectivity index is 1.48. The zero-order valence-corrected chi connectivity index (χ0v) is 15.6. The second kappa shape index (κ2) is 8.01. The van der Waals surface area contributed by atoms with Crippen molar-refractivity contribution in [1.29, 1.82) is 0 Å². The normalized spacial score (nSPS) is 26.4. The van der Waals surface area contributed by atoms with Crippen LogP contribution >= 0.6 is 0 Å². The molecule has 4 heteroatoms. The second-order valence-corrected chi connectivity index (χ2v) is 9.32. The van der Waals surface area contributed by atoms with Crippen molar-refractivity contribution in [2.75, 3.05) is 0 Å². The fourth-order valence-corrected chi connectivity index (χ4v) is 5.43. The minimum absolute atomic E-state index is 0.140. The van der Waals surface area contributed by atoms with Crippen molar-refractivity contribution < 1.29 is 12.6 Å². The zero-order chi connectivity index (χ0) is 17.0. The molecule has 0 aromatic heterocycles. The molecule has 0 spiro atoms. The molecule has 3 nitrogen and oxygen atoms in total. The van der Waals surface area contributed by atoms with Gasteiger partial charge in [0.2, 0.25) is 0 Å². The first-order valence-corrected chi connectivity index (χ1v) is 10.9. The van der Waals surface area contributed by atoms with Gasteiger partial charge >= 0.3 is 0 Å². The molecule has 2 saturated carbocycles. The quantitative estimate of drug-likeness (QED) is 0.683. The Labute approximate surface area is 146 Å². The molecule has 1 aromatic carbocycles. The Morgan fingerprint density at radius 1 is 0.875 bits per heavy atom. The summed E-state index contributed by atoms with van der Waals surface area (Å²) < 4.78 is 30.3. The van der Waals surface area contributed by atoms with Crippen LogP contribution in [0, 0.1) is 18.8 Å². The maximum absolute atomic E-state index is 12.4. The third-order valence-corrected chi connectivity index (χ3v) is 7.13. The Bertz CT molecular complexity index is 607. The van der Waals surface area contributed by atoms with Crippen molar-refractivity contribution in [2.45, 2.75) is 82.1 Å². The molecule has 0 bridgehead atoms. The van der Waals surface area contributed by atoms with Gasteiger partial charge in [-0.2, -0.15) is 8.42 Å². The van der Waals surface area contributed by atoms with Crippen LogP contribution in [-0.2, 0) is 14.3 Å². The molecule has 0 radical (unpaired) electrons. The molecule has 134 valence electrons. The van der Waals surface area contributed by atoms with Crippen LogP contribution < -0.4 is 0 Å². The molecule has 0 aliphatic heterocycles. The van der Waals surface area contributed by atoms with E-state index in [-0.39, 0.29) is 11.0 Å². The van der Waals surface area contributed by atoms with E-state index in [1.807, 2.05) is 19.1 Å². The van der Waals surface area contributed by atoms with E-state index in [2.05, 4.69) is 0 Å². The summed E-state index contributed by atoms with van der Waals surface area (Å²) in [4.78, 5) is 0.275. The number of hydrogen-bond donors (Lipinski definition) is 0. The van der Waals surface area contributed by atoms with E-state index in [9.17, 15) is 8.42 Å². The molecule has 2 aliphatic rings. The molecule has 24 heavy (non-hydrogen) atoms. The monoisotopic (exact) mass is 350 g/mol. The standard InChI is InChI=1S/C20H30O3S/c1-16-7-13-20(14-8-16)24(21,22)23-19-11-9-18(10-12-19)15-17-5-3-2-4-6-17/h7-8,13-14,17-19H,2-6,9-12,15H2,1H3. The van der Waals surface area contributed by atoms with Gasteiger partial charge in [-0.15, -0.1) is 0 Å². The molecule has 0 atom stereocenters. The summed E-state index contributed by atoms with van der Waals surface area (Å²) in [6, 6.07) is 6.91. The number of hydrogen-bond acceptors (Lipinski definition) is 3. The second-order valence-electron chi connectivity index (χ2n) is 7.75. The van der Waals surface area contributed by atoms with Gasteiger partial charge in [-0.3, -0.25) is 4.18 Å². The van der Waals surface area contributed by atoms with Gasteiger partial charge in [0, 0.05) is 0 Å². The van der Waals surface area contributed by atoms with Crippen LogP contribution in [0.5, 0.6) is 0 Å². The van der Waals surface area contributed by atoms with E-state index in [0.29, 0.717) is 0 Å². The summed E-state index contributed by atoms with van der Waals surface area (Å²) >= 11 is 0. The number of aryl methyl sites for hydroxylation is 1. The first-order chi connectivity index (χ1) is 11.5. The lowest BCUT2D eigenvalue weighted by Crippen LogP contribution is -2.26. The topological polar surface area (TPSA) is 43.4 Å². The minimum atomic E-state index is -3.62. The Hall–Kier alpha value is -0.870. The van der Waals surface area contributed by atoms with Gasteiger partial charge in [-0.25, -0.2) is 0 Å². The van der Waals surface area contributed by atoms with Gasteiger partial charge in [-0.05, 0) is 63.0 Å². The van der Waals surface area contributed by atoms with E-state index in [1.165, 1.54) is 38.5 Å². The smallest absolute Gasteiger partial charge is 0.263 e. The molecule has 3 rings (SSSR count). The highest BCUT2D eigenvalue weighted by Crippen LogP contribution is 2.36. The summed E-state index contributed by atoms with van der Waals surface area (Å²) in [5.74, 6) is 1.69. The highest BCUT2D eigenvalue weighted by molar-refractivity contribution is 7.86. The average Bonchev–Trinajstić information content (AvgIpc) is 2.58. The third-order valence-electron chi connectivity index (χ3n) is 5.76.